The first kappa shape index (κ1) is 18.9. The molecular formula is C16H26F4O3. The molecule has 23 heavy (non-hydrogen) atoms. The Balaban J connectivity index is 2.13. The summed E-state index contributed by atoms with van der Waals surface area (Å²) in [5.74, 6) is -0.597. The van der Waals surface area contributed by atoms with Crippen molar-refractivity contribution < 1.29 is 32.8 Å². The highest BCUT2D eigenvalue weighted by Gasteiger charge is 2.57. The van der Waals surface area contributed by atoms with Crippen LogP contribution in [-0.2, 0) is 4.89 Å². The molecule has 2 fully saturated rings. The summed E-state index contributed by atoms with van der Waals surface area (Å²) in [6.07, 6.45) is -3.99. The summed E-state index contributed by atoms with van der Waals surface area (Å²) < 4.78 is 53.4. The molecule has 0 aromatic heterocycles. The quantitative estimate of drug-likeness (QED) is 0.429. The molecule has 2 N–H and O–H groups in total. The average molecular weight is 342 g/mol. The molecule has 7 atom stereocenters. The van der Waals surface area contributed by atoms with E-state index in [0.717, 1.165) is 6.92 Å². The van der Waals surface area contributed by atoms with E-state index >= 15 is 0 Å². The zero-order chi connectivity index (χ0) is 17.6. The lowest BCUT2D eigenvalue weighted by atomic mass is 9.71. The van der Waals surface area contributed by atoms with Gasteiger partial charge in [-0.15, -0.1) is 0 Å². The number of hydrogen-bond donors (Lipinski definition) is 2. The molecule has 0 heterocycles. The van der Waals surface area contributed by atoms with Gasteiger partial charge in [0, 0.05) is 0 Å². The molecular weight excluding hydrogens is 316 g/mol. The van der Waals surface area contributed by atoms with Crippen LogP contribution in [0.2, 0.25) is 0 Å². The maximum atomic E-state index is 14.6. The van der Waals surface area contributed by atoms with Gasteiger partial charge in [0.1, 0.15) is 11.8 Å². The Bertz CT molecular complexity index is 422. The van der Waals surface area contributed by atoms with Crippen molar-refractivity contribution in [2.75, 3.05) is 0 Å². The van der Waals surface area contributed by atoms with Crippen LogP contribution in [0.25, 0.3) is 0 Å². The predicted molar refractivity (Wildman–Crippen MR) is 76.4 cm³/mol. The van der Waals surface area contributed by atoms with Crippen LogP contribution >= 0.6 is 0 Å². The Morgan fingerprint density at radius 2 is 1.74 bits per heavy atom. The van der Waals surface area contributed by atoms with Gasteiger partial charge in [0.2, 0.25) is 0 Å². The minimum atomic E-state index is -4.69. The molecule has 7 heteroatoms. The molecule has 2 aliphatic rings. The van der Waals surface area contributed by atoms with Crippen molar-refractivity contribution >= 4 is 0 Å². The van der Waals surface area contributed by atoms with Gasteiger partial charge in [0.25, 0.3) is 0 Å². The molecule has 2 rings (SSSR count). The van der Waals surface area contributed by atoms with Gasteiger partial charge in [-0.2, -0.15) is 13.2 Å². The van der Waals surface area contributed by atoms with Crippen LogP contribution in [0.5, 0.6) is 0 Å². The molecule has 7 unspecified atom stereocenters. The number of halogens is 4. The second-order valence-electron chi connectivity index (χ2n) is 7.79. The summed E-state index contributed by atoms with van der Waals surface area (Å²) in [6.45, 7) is 3.78. The van der Waals surface area contributed by atoms with E-state index in [2.05, 4.69) is 4.89 Å². The highest BCUT2D eigenvalue weighted by Crippen LogP contribution is 2.57. The summed E-state index contributed by atoms with van der Waals surface area (Å²) in [5, 5.41) is 18.9. The Morgan fingerprint density at radius 3 is 2.17 bits per heavy atom. The monoisotopic (exact) mass is 342 g/mol. The average Bonchev–Trinajstić information content (AvgIpc) is 2.97. The van der Waals surface area contributed by atoms with Crippen molar-refractivity contribution in [2.45, 2.75) is 76.4 Å². The van der Waals surface area contributed by atoms with Crippen LogP contribution in [0.4, 0.5) is 17.6 Å². The zero-order valence-corrected chi connectivity index (χ0v) is 13.7. The van der Waals surface area contributed by atoms with Gasteiger partial charge in [-0.25, -0.2) is 9.28 Å². The molecule has 0 aromatic carbocycles. The Morgan fingerprint density at radius 1 is 1.13 bits per heavy atom. The number of hydrogen-bond acceptors (Lipinski definition) is 3. The number of alkyl halides is 4. The molecule has 0 radical (unpaired) electrons. The van der Waals surface area contributed by atoms with Crippen LogP contribution in [0.15, 0.2) is 0 Å². The molecule has 2 bridgehead atoms. The molecule has 0 aromatic rings. The molecule has 136 valence electrons. The van der Waals surface area contributed by atoms with Crippen molar-refractivity contribution in [2.24, 2.45) is 23.7 Å². The van der Waals surface area contributed by atoms with Crippen LogP contribution in [0.3, 0.4) is 0 Å². The van der Waals surface area contributed by atoms with Gasteiger partial charge in [-0.05, 0) is 69.6 Å². The molecule has 2 saturated carbocycles. The van der Waals surface area contributed by atoms with Crippen LogP contribution in [0.1, 0.15) is 52.9 Å². The second-order valence-corrected chi connectivity index (χ2v) is 7.79. The lowest BCUT2D eigenvalue weighted by Gasteiger charge is -2.40. The van der Waals surface area contributed by atoms with Gasteiger partial charge in [-0.1, -0.05) is 6.92 Å². The smallest absolute Gasteiger partial charge is 0.381 e. The maximum Gasteiger partial charge on any atom is 0.416 e. The second kappa shape index (κ2) is 6.15. The van der Waals surface area contributed by atoms with E-state index in [9.17, 15) is 22.7 Å². The van der Waals surface area contributed by atoms with E-state index in [4.69, 9.17) is 5.26 Å². The first-order valence-electron chi connectivity index (χ1n) is 8.21. The molecule has 0 spiro atoms. The van der Waals surface area contributed by atoms with Crippen LogP contribution in [0, 0.1) is 23.7 Å². The fourth-order valence-corrected chi connectivity index (χ4v) is 4.60. The van der Waals surface area contributed by atoms with E-state index < -0.39 is 23.6 Å². The number of aliphatic hydroxyl groups is 1. The molecule has 2 aliphatic carbocycles. The molecule has 0 saturated heterocycles. The Labute approximate surface area is 133 Å². The largest absolute Gasteiger partial charge is 0.416 e. The van der Waals surface area contributed by atoms with Gasteiger partial charge in [0.05, 0.1) is 0 Å². The summed E-state index contributed by atoms with van der Waals surface area (Å²) in [6, 6.07) is 0. The highest BCUT2D eigenvalue weighted by atomic mass is 19.4. The first-order valence-corrected chi connectivity index (χ1v) is 8.21. The summed E-state index contributed by atoms with van der Waals surface area (Å²) >= 11 is 0. The SMILES string of the molecule is CCC(C)(F)C(OO)C1CC2CC(CC(C)(O)C(F)(F)F)C1C2. The third-order valence-corrected chi connectivity index (χ3v) is 6.06. The summed E-state index contributed by atoms with van der Waals surface area (Å²) in [7, 11) is 0. The van der Waals surface area contributed by atoms with Crippen molar-refractivity contribution in [3.05, 3.63) is 0 Å². The van der Waals surface area contributed by atoms with E-state index in [-0.39, 0.29) is 36.5 Å². The van der Waals surface area contributed by atoms with E-state index in [1.807, 2.05) is 0 Å². The first-order chi connectivity index (χ1) is 10.4. The predicted octanol–water partition coefficient (Wildman–Crippen LogP) is 4.35. The Hall–Kier alpha value is -0.400. The molecule has 3 nitrogen and oxygen atoms in total. The fourth-order valence-electron chi connectivity index (χ4n) is 4.60. The summed E-state index contributed by atoms with van der Waals surface area (Å²) in [5.41, 5.74) is -4.48. The molecule has 0 amide bonds. The van der Waals surface area contributed by atoms with Crippen LogP contribution < -0.4 is 0 Å². The lowest BCUT2D eigenvalue weighted by molar-refractivity contribution is -0.321. The normalized spacial score (nSPS) is 37.4. The van der Waals surface area contributed by atoms with Gasteiger partial charge < -0.3 is 5.11 Å². The zero-order valence-electron chi connectivity index (χ0n) is 13.7. The number of fused-ring (bicyclic) bond motifs is 2. The van der Waals surface area contributed by atoms with E-state index in [0.29, 0.717) is 19.3 Å². The van der Waals surface area contributed by atoms with Gasteiger partial charge in [-0.3, -0.25) is 5.26 Å². The standard InChI is InChI=1S/C16H26F4O3/c1-4-14(2,17)13(23-22)12-7-9-5-10(11(12)6-9)8-15(3,21)16(18,19)20/h9-13,21-22H,4-8H2,1-3H3. The maximum absolute atomic E-state index is 14.6. The third kappa shape index (κ3) is 3.51. The fraction of sp³-hybridized carbons (Fsp3) is 1.00. The minimum absolute atomic E-state index is 0.150. The topological polar surface area (TPSA) is 49.7 Å². The van der Waals surface area contributed by atoms with E-state index in [1.165, 1.54) is 6.92 Å². The lowest BCUT2D eigenvalue weighted by Crippen LogP contribution is -2.48. The van der Waals surface area contributed by atoms with Crippen molar-refractivity contribution in [3.8, 4) is 0 Å². The number of rotatable bonds is 6. The van der Waals surface area contributed by atoms with Gasteiger partial charge >= 0.3 is 6.18 Å². The van der Waals surface area contributed by atoms with Crippen molar-refractivity contribution in [1.29, 1.82) is 0 Å². The van der Waals surface area contributed by atoms with Crippen molar-refractivity contribution in [1.82, 2.24) is 0 Å². The summed E-state index contributed by atoms with van der Waals surface area (Å²) in [4.78, 5) is 4.43. The van der Waals surface area contributed by atoms with Crippen LogP contribution in [-0.4, -0.2) is 33.9 Å². The Kier molecular flexibility index (Phi) is 5.06. The van der Waals surface area contributed by atoms with Crippen molar-refractivity contribution in [3.63, 3.8) is 0 Å². The molecule has 0 aliphatic heterocycles. The van der Waals surface area contributed by atoms with Gasteiger partial charge in [0.15, 0.2) is 5.60 Å². The minimum Gasteiger partial charge on any atom is -0.381 e. The van der Waals surface area contributed by atoms with E-state index in [1.54, 1.807) is 6.92 Å². The third-order valence-electron chi connectivity index (χ3n) is 6.06. The highest BCUT2D eigenvalue weighted by molar-refractivity contribution is 5.03.